The van der Waals surface area contributed by atoms with E-state index in [-0.39, 0.29) is 17.0 Å². The molecule has 0 amide bonds. The van der Waals surface area contributed by atoms with Crippen molar-refractivity contribution < 1.29 is 26.3 Å². The largest absolute Gasteiger partial charge is 0.737 e. The molecule has 0 N–H and O–H groups in total. The lowest BCUT2D eigenvalue weighted by molar-refractivity contribution is -0.362. The van der Waals surface area contributed by atoms with E-state index in [2.05, 4.69) is 0 Å². The quantitative estimate of drug-likeness (QED) is 0.228. The zero-order valence-electron chi connectivity index (χ0n) is 13.9. The van der Waals surface area contributed by atoms with Gasteiger partial charge in [0.1, 0.15) is 23.2 Å². The summed E-state index contributed by atoms with van der Waals surface area (Å²) >= 11 is 3.82. The summed E-state index contributed by atoms with van der Waals surface area (Å²) in [5, 5.41) is 0. The third-order valence-electron chi connectivity index (χ3n) is 4.85. The molecule has 0 saturated heterocycles. The van der Waals surface area contributed by atoms with E-state index in [0.717, 1.165) is 8.96 Å². The lowest BCUT2D eigenvalue weighted by Crippen LogP contribution is -2.51. The molecule has 2 aromatic rings. The Hall–Kier alpha value is -1.18. The second-order valence-corrected chi connectivity index (χ2v) is 8.70. The first-order valence-corrected chi connectivity index (χ1v) is 10.0. The lowest BCUT2D eigenvalue weighted by atomic mass is 9.85. The number of fused-ring (bicyclic) bond motifs is 2. The van der Waals surface area contributed by atoms with Crippen LogP contribution in [0, 0.1) is 27.9 Å². The van der Waals surface area contributed by atoms with E-state index in [1.54, 1.807) is 0 Å². The second-order valence-electron chi connectivity index (χ2n) is 6.37. The molecule has 0 fully saturated rings. The number of rotatable bonds is 1. The monoisotopic (exact) mass is 602 g/mol. The Morgan fingerprint density at radius 2 is 1.59 bits per heavy atom. The zero-order valence-corrected chi connectivity index (χ0v) is 18.2. The summed E-state index contributed by atoms with van der Waals surface area (Å²) in [4.78, 5) is 0. The Balaban J connectivity index is 2.20. The van der Waals surface area contributed by atoms with Gasteiger partial charge in [0, 0.05) is 34.4 Å². The van der Waals surface area contributed by atoms with Crippen LogP contribution in [0.1, 0.15) is 23.9 Å². The molecular formula is C17H10BF5I2N2. The van der Waals surface area contributed by atoms with E-state index in [4.69, 9.17) is 0 Å². The van der Waals surface area contributed by atoms with Gasteiger partial charge in [-0.05, 0) is 63.9 Å². The van der Waals surface area contributed by atoms with Crippen LogP contribution in [0.5, 0.6) is 0 Å². The molecule has 0 atom stereocenters. The lowest BCUT2D eigenvalue weighted by Gasteiger charge is -2.33. The number of hydrogen-bond donors (Lipinski definition) is 0. The van der Waals surface area contributed by atoms with Crippen molar-refractivity contribution in [2.75, 3.05) is 0 Å². The molecule has 0 saturated carbocycles. The molecule has 4 rings (SSSR count). The van der Waals surface area contributed by atoms with Gasteiger partial charge in [-0.15, -0.1) is 0 Å². The molecule has 0 bridgehead atoms. The average molecular weight is 602 g/mol. The van der Waals surface area contributed by atoms with E-state index in [1.165, 1.54) is 26.0 Å². The maximum absolute atomic E-state index is 15.4. The highest BCUT2D eigenvalue weighted by Crippen LogP contribution is 2.44. The van der Waals surface area contributed by atoms with Crippen molar-refractivity contribution in [3.63, 3.8) is 0 Å². The van der Waals surface area contributed by atoms with Crippen LogP contribution < -0.4 is 0 Å². The van der Waals surface area contributed by atoms with Crippen molar-refractivity contribution in [3.05, 3.63) is 71.5 Å². The number of hydrogen-bond acceptors (Lipinski definition) is 0. The van der Waals surface area contributed by atoms with Gasteiger partial charge in [-0.25, -0.2) is 13.2 Å². The van der Waals surface area contributed by atoms with Crippen molar-refractivity contribution in [3.8, 4) is 0 Å². The Morgan fingerprint density at radius 3 is 2.19 bits per heavy atom. The van der Waals surface area contributed by atoms with E-state index in [1.807, 2.05) is 45.2 Å². The predicted molar refractivity (Wildman–Crippen MR) is 111 cm³/mol. The van der Waals surface area contributed by atoms with Gasteiger partial charge in [-0.1, -0.05) is 0 Å². The van der Waals surface area contributed by atoms with Gasteiger partial charge in [0.15, 0.2) is 5.70 Å². The molecule has 1 aromatic carbocycles. The number of allylic oxidation sites excluding steroid dienone is 2. The summed E-state index contributed by atoms with van der Waals surface area (Å²) in [6.45, 7) is -1.18. The third-order valence-corrected chi connectivity index (χ3v) is 7.03. The fourth-order valence-electron chi connectivity index (χ4n) is 3.65. The summed E-state index contributed by atoms with van der Waals surface area (Å²) in [6, 6.07) is 2.58. The zero-order chi connectivity index (χ0) is 19.8. The molecule has 10 heteroatoms. The number of aromatic nitrogens is 1. The van der Waals surface area contributed by atoms with Crippen molar-refractivity contribution >= 4 is 63.4 Å². The molecule has 3 heterocycles. The van der Waals surface area contributed by atoms with Crippen molar-refractivity contribution in [1.29, 1.82) is 0 Å². The highest BCUT2D eigenvalue weighted by Gasteiger charge is 2.55. The molecule has 2 aliphatic heterocycles. The third kappa shape index (κ3) is 2.58. The van der Waals surface area contributed by atoms with E-state index >= 15 is 8.63 Å². The fraction of sp³-hybridized carbons (Fsp3) is 0.118. The Bertz CT molecular complexity index is 1110. The first-order chi connectivity index (χ1) is 12.6. The van der Waals surface area contributed by atoms with Crippen molar-refractivity contribution in [2.24, 2.45) is 0 Å². The van der Waals surface area contributed by atoms with Gasteiger partial charge in [0.2, 0.25) is 0 Å². The molecule has 0 unspecified atom stereocenters. The van der Waals surface area contributed by atoms with Crippen LogP contribution in [0.4, 0.5) is 21.8 Å². The number of nitrogens with zero attached hydrogens (tertiary/aromatic N) is 2. The van der Waals surface area contributed by atoms with Gasteiger partial charge in [0.25, 0.3) is 0 Å². The Kier molecular flexibility index (Phi) is 4.37. The second kappa shape index (κ2) is 6.16. The van der Waals surface area contributed by atoms with E-state index < -0.39 is 30.0 Å². The molecule has 140 valence electrons. The minimum atomic E-state index is -4.25. The number of benzene rings is 1. The summed E-state index contributed by atoms with van der Waals surface area (Å²) in [5.74, 6) is -3.34. The summed E-state index contributed by atoms with van der Waals surface area (Å²) in [7, 11) is 0. The highest BCUT2D eigenvalue weighted by molar-refractivity contribution is 14.1. The minimum Gasteiger partial charge on any atom is -0.393 e. The van der Waals surface area contributed by atoms with Gasteiger partial charge < -0.3 is 17.6 Å². The first-order valence-electron chi connectivity index (χ1n) is 7.85. The van der Waals surface area contributed by atoms with Crippen LogP contribution in [-0.2, 0) is 0 Å². The SMILES string of the molecule is CC1=[N+]2C(=C(c3c(F)cc(F)cc3F)c3cc(I)c(C)n3[B-]2(F)F)C=C1I. The molecule has 2 aliphatic rings. The topological polar surface area (TPSA) is 7.94 Å². The molecule has 0 radical (unpaired) electrons. The summed E-state index contributed by atoms with van der Waals surface area (Å²) in [6.07, 6.45) is 1.47. The molecule has 0 aliphatic carbocycles. The average Bonchev–Trinajstić information content (AvgIpc) is 3.00. The molecule has 0 spiro atoms. The van der Waals surface area contributed by atoms with Gasteiger partial charge in [-0.2, -0.15) is 0 Å². The van der Waals surface area contributed by atoms with Gasteiger partial charge in [-0.3, -0.25) is 0 Å². The maximum atomic E-state index is 15.4. The molecule has 1 aromatic heterocycles. The Morgan fingerprint density at radius 1 is 1.00 bits per heavy atom. The summed E-state index contributed by atoms with van der Waals surface area (Å²) in [5.41, 5.74) is 0.0674. The van der Waals surface area contributed by atoms with Crippen LogP contribution in [0.15, 0.2) is 33.6 Å². The van der Waals surface area contributed by atoms with Crippen LogP contribution in [0.3, 0.4) is 0 Å². The number of halogens is 7. The molecule has 27 heavy (non-hydrogen) atoms. The standard InChI is InChI=1S/C17H10BF5I2N2/c1-7-12(24)5-14-17(16-10(20)3-9(19)4-11(16)21)15-6-13(25)8(2)27(15)18(22,23)26(7)14/h3-6H,1-2H3. The van der Waals surface area contributed by atoms with Crippen molar-refractivity contribution in [1.82, 2.24) is 4.48 Å². The van der Waals surface area contributed by atoms with E-state index in [0.29, 0.717) is 30.7 Å². The molecular weight excluding hydrogens is 592 g/mol. The first kappa shape index (κ1) is 19.2. The summed E-state index contributed by atoms with van der Waals surface area (Å²) < 4.78 is 76.2. The van der Waals surface area contributed by atoms with Crippen molar-refractivity contribution in [2.45, 2.75) is 13.8 Å². The van der Waals surface area contributed by atoms with Crippen LogP contribution in [-0.4, -0.2) is 21.6 Å². The smallest absolute Gasteiger partial charge is 0.393 e. The van der Waals surface area contributed by atoms with Crippen LogP contribution in [0.2, 0.25) is 0 Å². The van der Waals surface area contributed by atoms with Crippen LogP contribution in [0.25, 0.3) is 5.57 Å². The highest BCUT2D eigenvalue weighted by atomic mass is 127. The normalized spacial score (nSPS) is 18.0. The van der Waals surface area contributed by atoms with Gasteiger partial charge in [0.05, 0.1) is 14.7 Å². The Labute approximate surface area is 178 Å². The minimum absolute atomic E-state index is 0.00714. The van der Waals surface area contributed by atoms with E-state index in [9.17, 15) is 13.2 Å². The maximum Gasteiger partial charge on any atom is 0.737 e. The predicted octanol–water partition coefficient (Wildman–Crippen LogP) is 5.62. The van der Waals surface area contributed by atoms with Gasteiger partial charge >= 0.3 is 6.97 Å². The molecule has 2 nitrogen and oxygen atoms in total. The fourth-order valence-corrected chi connectivity index (χ4v) is 4.76. The van der Waals surface area contributed by atoms with Crippen LogP contribution >= 0.6 is 45.2 Å².